The van der Waals surface area contributed by atoms with Crippen LogP contribution in [0.15, 0.2) is 60.7 Å². The van der Waals surface area contributed by atoms with E-state index in [2.05, 4.69) is 74.6 Å². The first kappa shape index (κ1) is 17.9. The number of amides is 1. The van der Waals surface area contributed by atoms with Crippen molar-refractivity contribution in [2.45, 2.75) is 44.8 Å². The standard InChI is InChI=1S/C21H27NO2Si/c1-21(2,3)25(18-10-6-4-7-11-18,19-12-8-5-9-13-19)24-17-14-15-22-20(23)16-17/h4-13,17H,14-16H2,1-3H3,(H,22,23)/t17-/m0/s1. The van der Waals surface area contributed by atoms with Gasteiger partial charge < -0.3 is 9.74 Å². The van der Waals surface area contributed by atoms with E-state index in [9.17, 15) is 4.79 Å². The Morgan fingerprint density at radius 3 is 1.92 bits per heavy atom. The Hall–Kier alpha value is -1.91. The number of rotatable bonds is 4. The second-order valence-electron chi connectivity index (χ2n) is 7.75. The molecule has 2 aromatic rings. The van der Waals surface area contributed by atoms with Gasteiger partial charge in [-0.15, -0.1) is 0 Å². The molecule has 0 aromatic heterocycles. The molecule has 0 unspecified atom stereocenters. The van der Waals surface area contributed by atoms with Crippen LogP contribution < -0.4 is 15.7 Å². The minimum atomic E-state index is -2.55. The average molecular weight is 354 g/mol. The third-order valence-corrected chi connectivity index (χ3v) is 10.1. The number of hydrogen-bond donors (Lipinski definition) is 1. The average Bonchev–Trinajstić information content (AvgIpc) is 2.60. The molecule has 3 rings (SSSR count). The summed E-state index contributed by atoms with van der Waals surface area (Å²) in [7, 11) is -2.55. The summed E-state index contributed by atoms with van der Waals surface area (Å²) in [6.45, 7) is 7.49. The van der Waals surface area contributed by atoms with Gasteiger partial charge in [0.1, 0.15) is 0 Å². The summed E-state index contributed by atoms with van der Waals surface area (Å²) in [6, 6.07) is 21.2. The van der Waals surface area contributed by atoms with E-state index in [4.69, 9.17) is 4.43 Å². The van der Waals surface area contributed by atoms with E-state index < -0.39 is 8.32 Å². The van der Waals surface area contributed by atoms with Gasteiger partial charge in [0.15, 0.2) is 0 Å². The molecule has 0 aliphatic carbocycles. The van der Waals surface area contributed by atoms with Gasteiger partial charge in [-0.25, -0.2) is 0 Å². The molecule has 0 bridgehead atoms. The summed E-state index contributed by atoms with van der Waals surface area (Å²) in [5, 5.41) is 5.39. The lowest BCUT2D eigenvalue weighted by atomic mass is 10.1. The predicted octanol–water partition coefficient (Wildman–Crippen LogP) is 2.84. The molecular formula is C21H27NO2Si. The van der Waals surface area contributed by atoms with Gasteiger partial charge in [0.05, 0.1) is 12.5 Å². The summed E-state index contributed by atoms with van der Waals surface area (Å²) in [5.74, 6) is 0.0918. The Bertz CT molecular complexity index is 670. The maximum atomic E-state index is 11.9. The third-order valence-electron chi connectivity index (χ3n) is 4.96. The minimum absolute atomic E-state index is 0.0277. The highest BCUT2D eigenvalue weighted by Gasteiger charge is 2.51. The van der Waals surface area contributed by atoms with Crippen molar-refractivity contribution < 1.29 is 9.22 Å². The van der Waals surface area contributed by atoms with Crippen molar-refractivity contribution in [2.24, 2.45) is 0 Å². The van der Waals surface area contributed by atoms with Crippen LogP contribution in [0.1, 0.15) is 33.6 Å². The zero-order chi connectivity index (χ0) is 17.9. The van der Waals surface area contributed by atoms with E-state index in [0.717, 1.165) is 6.42 Å². The van der Waals surface area contributed by atoms with Gasteiger partial charge >= 0.3 is 0 Å². The zero-order valence-corrected chi connectivity index (χ0v) is 16.3. The van der Waals surface area contributed by atoms with E-state index in [1.54, 1.807) is 0 Å². The lowest BCUT2D eigenvalue weighted by Crippen LogP contribution is -2.68. The molecule has 3 nitrogen and oxygen atoms in total. The first-order chi connectivity index (χ1) is 11.9. The minimum Gasteiger partial charge on any atom is -0.404 e. The van der Waals surface area contributed by atoms with Crippen LogP contribution in [-0.4, -0.2) is 26.9 Å². The smallest absolute Gasteiger partial charge is 0.261 e. The summed E-state index contributed by atoms with van der Waals surface area (Å²) in [4.78, 5) is 11.9. The highest BCUT2D eigenvalue weighted by atomic mass is 28.4. The van der Waals surface area contributed by atoms with Crippen LogP contribution in [0.4, 0.5) is 0 Å². The molecule has 1 aliphatic heterocycles. The van der Waals surface area contributed by atoms with Gasteiger partial charge in [-0.05, 0) is 21.8 Å². The molecule has 1 fully saturated rings. The van der Waals surface area contributed by atoms with E-state index in [1.165, 1.54) is 10.4 Å². The van der Waals surface area contributed by atoms with Crippen molar-refractivity contribution in [3.05, 3.63) is 60.7 Å². The molecule has 132 valence electrons. The predicted molar refractivity (Wildman–Crippen MR) is 105 cm³/mol. The zero-order valence-electron chi connectivity index (χ0n) is 15.3. The fourth-order valence-electron chi connectivity index (χ4n) is 3.80. The van der Waals surface area contributed by atoms with Crippen molar-refractivity contribution in [2.75, 3.05) is 6.54 Å². The van der Waals surface area contributed by atoms with Crippen molar-refractivity contribution >= 4 is 24.6 Å². The SMILES string of the molecule is CC(C)(C)[Si](O[C@H]1CCNC(=O)C1)(c1ccccc1)c1ccccc1. The second kappa shape index (κ2) is 7.14. The largest absolute Gasteiger partial charge is 0.404 e. The topological polar surface area (TPSA) is 38.3 Å². The lowest BCUT2D eigenvalue weighted by molar-refractivity contribution is -0.124. The molecular weight excluding hydrogens is 326 g/mol. The monoisotopic (exact) mass is 353 g/mol. The van der Waals surface area contributed by atoms with Gasteiger partial charge in [-0.1, -0.05) is 81.4 Å². The van der Waals surface area contributed by atoms with E-state index in [1.807, 2.05) is 12.1 Å². The Labute approximate surface area is 151 Å². The van der Waals surface area contributed by atoms with Crippen molar-refractivity contribution in [3.8, 4) is 0 Å². The normalized spacial score (nSPS) is 18.7. The number of carbonyl (C=O) groups excluding carboxylic acids is 1. The van der Waals surface area contributed by atoms with Crippen LogP contribution in [0, 0.1) is 0 Å². The number of carbonyl (C=O) groups is 1. The number of nitrogens with one attached hydrogen (secondary N) is 1. The van der Waals surface area contributed by atoms with Crippen LogP contribution >= 0.6 is 0 Å². The Morgan fingerprint density at radius 1 is 0.960 bits per heavy atom. The van der Waals surface area contributed by atoms with Gasteiger partial charge in [-0.3, -0.25) is 4.79 Å². The van der Waals surface area contributed by atoms with Crippen LogP contribution in [0.2, 0.25) is 5.04 Å². The van der Waals surface area contributed by atoms with Crippen molar-refractivity contribution in [3.63, 3.8) is 0 Å². The fourth-order valence-corrected chi connectivity index (χ4v) is 8.51. The van der Waals surface area contributed by atoms with Gasteiger partial charge in [0.25, 0.3) is 8.32 Å². The fraction of sp³-hybridized carbons (Fsp3) is 0.381. The number of hydrogen-bond acceptors (Lipinski definition) is 2. The van der Waals surface area contributed by atoms with Gasteiger partial charge in [0.2, 0.25) is 5.91 Å². The summed E-state index contributed by atoms with van der Waals surface area (Å²) >= 11 is 0. The molecule has 1 aliphatic rings. The van der Waals surface area contributed by atoms with E-state index >= 15 is 0 Å². The second-order valence-corrected chi connectivity index (χ2v) is 12.0. The molecule has 0 spiro atoms. The van der Waals surface area contributed by atoms with E-state index in [-0.39, 0.29) is 17.0 Å². The van der Waals surface area contributed by atoms with Crippen molar-refractivity contribution in [1.29, 1.82) is 0 Å². The Morgan fingerprint density at radius 2 is 1.48 bits per heavy atom. The van der Waals surface area contributed by atoms with Crippen LogP contribution in [0.3, 0.4) is 0 Å². The summed E-state index contributed by atoms with van der Waals surface area (Å²) in [5.41, 5.74) is 0. The maximum Gasteiger partial charge on any atom is 0.261 e. The highest BCUT2D eigenvalue weighted by Crippen LogP contribution is 2.38. The summed E-state index contributed by atoms with van der Waals surface area (Å²) < 4.78 is 6.96. The molecule has 0 radical (unpaired) electrons. The van der Waals surface area contributed by atoms with Gasteiger partial charge in [-0.2, -0.15) is 0 Å². The lowest BCUT2D eigenvalue weighted by Gasteiger charge is -2.45. The molecule has 2 aromatic carbocycles. The van der Waals surface area contributed by atoms with Crippen LogP contribution in [-0.2, 0) is 9.22 Å². The summed E-state index contributed by atoms with van der Waals surface area (Å²) in [6.07, 6.45) is 1.29. The molecule has 1 heterocycles. The number of benzene rings is 2. The molecule has 1 atom stereocenters. The Kier molecular flexibility index (Phi) is 5.11. The first-order valence-corrected chi connectivity index (χ1v) is 10.9. The van der Waals surface area contributed by atoms with Crippen molar-refractivity contribution in [1.82, 2.24) is 5.32 Å². The quantitative estimate of drug-likeness (QED) is 0.859. The highest BCUT2D eigenvalue weighted by molar-refractivity contribution is 6.99. The molecule has 25 heavy (non-hydrogen) atoms. The van der Waals surface area contributed by atoms with Crippen LogP contribution in [0.25, 0.3) is 0 Å². The van der Waals surface area contributed by atoms with Crippen LogP contribution in [0.5, 0.6) is 0 Å². The molecule has 0 saturated carbocycles. The molecule has 4 heteroatoms. The Balaban J connectivity index is 2.13. The maximum absolute atomic E-state index is 11.9. The first-order valence-electron chi connectivity index (χ1n) is 8.99. The number of piperidine rings is 1. The molecule has 1 amide bonds. The molecule has 1 N–H and O–H groups in total. The molecule has 1 saturated heterocycles. The van der Waals surface area contributed by atoms with Gasteiger partial charge in [0, 0.05) is 6.54 Å². The third kappa shape index (κ3) is 3.55. The van der Waals surface area contributed by atoms with E-state index in [0.29, 0.717) is 13.0 Å².